The topological polar surface area (TPSA) is 139 Å². The van der Waals surface area contributed by atoms with Gasteiger partial charge in [-0.1, -0.05) is 42.8 Å². The van der Waals surface area contributed by atoms with E-state index in [0.29, 0.717) is 13.1 Å². The average Bonchev–Trinajstić information content (AvgIpc) is 2.87. The van der Waals surface area contributed by atoms with Gasteiger partial charge in [0.15, 0.2) is 5.69 Å². The normalized spacial score (nSPS) is 14.5. The second kappa shape index (κ2) is 9.88. The van der Waals surface area contributed by atoms with Crippen LogP contribution >= 0.6 is 0 Å². The number of carbonyl (C=O) groups excluding carboxylic acids is 1. The summed E-state index contributed by atoms with van der Waals surface area (Å²) in [5, 5.41) is 0. The van der Waals surface area contributed by atoms with Crippen LogP contribution in [-0.2, 0) is 16.6 Å². The lowest BCUT2D eigenvalue weighted by molar-refractivity contribution is 0.0992. The van der Waals surface area contributed by atoms with Gasteiger partial charge in [0.2, 0.25) is 10.0 Å². The number of anilines is 2. The van der Waals surface area contributed by atoms with Crippen LogP contribution in [0.25, 0.3) is 0 Å². The minimum Gasteiger partial charge on any atom is -0.383 e. The standard InChI is InChI=1S/C24H27N5O5S/c1-27(20-21(25)29(24(32)26-22(20)30)16-17-9-4-2-5-10-17)23(31)18-11-8-12-19(15-18)35(33,34)28-13-6-3-7-14-28/h2,4-5,8-12,15H,3,6-7,13-14,16,25H2,1H3,(H,26,30,32). The SMILES string of the molecule is CN(C(=O)c1cccc(S(=O)(=O)N2CCCCC2)c1)c1c(N)n(Cc2ccccc2)c(=O)[nH]c1=O. The van der Waals surface area contributed by atoms with Gasteiger partial charge in [-0.15, -0.1) is 0 Å². The summed E-state index contributed by atoms with van der Waals surface area (Å²) in [7, 11) is -2.39. The molecule has 0 saturated carbocycles. The Morgan fingerprint density at radius 3 is 2.40 bits per heavy atom. The van der Waals surface area contributed by atoms with Crippen molar-refractivity contribution in [1.82, 2.24) is 13.9 Å². The number of piperidine rings is 1. The summed E-state index contributed by atoms with van der Waals surface area (Å²) in [6.45, 7) is 0.978. The number of nitrogens with zero attached hydrogens (tertiary/aromatic N) is 3. The number of hydrogen-bond donors (Lipinski definition) is 2. The molecule has 0 aliphatic carbocycles. The lowest BCUT2D eigenvalue weighted by atomic mass is 10.2. The van der Waals surface area contributed by atoms with Gasteiger partial charge in [-0.2, -0.15) is 4.31 Å². The Labute approximate surface area is 202 Å². The second-order valence-electron chi connectivity index (χ2n) is 8.42. The molecule has 11 heteroatoms. The van der Waals surface area contributed by atoms with Gasteiger partial charge in [0, 0.05) is 25.7 Å². The third kappa shape index (κ3) is 4.91. The Balaban J connectivity index is 1.67. The van der Waals surface area contributed by atoms with Crippen LogP contribution in [0.3, 0.4) is 0 Å². The van der Waals surface area contributed by atoms with E-state index in [1.54, 1.807) is 12.1 Å². The first kappa shape index (κ1) is 24.4. The van der Waals surface area contributed by atoms with Gasteiger partial charge in [0.1, 0.15) is 5.82 Å². The van der Waals surface area contributed by atoms with Gasteiger partial charge in [-0.25, -0.2) is 13.2 Å². The number of nitrogen functional groups attached to an aromatic ring is 1. The van der Waals surface area contributed by atoms with Gasteiger partial charge in [-0.3, -0.25) is 19.1 Å². The van der Waals surface area contributed by atoms with Gasteiger partial charge >= 0.3 is 5.69 Å². The molecule has 0 radical (unpaired) electrons. The van der Waals surface area contributed by atoms with Crippen molar-refractivity contribution < 1.29 is 13.2 Å². The Morgan fingerprint density at radius 2 is 1.71 bits per heavy atom. The lowest BCUT2D eigenvalue weighted by Gasteiger charge is -2.26. The highest BCUT2D eigenvalue weighted by molar-refractivity contribution is 7.89. The minimum atomic E-state index is -3.75. The molecule has 1 aliphatic heterocycles. The Bertz CT molecular complexity index is 1460. The first-order valence-corrected chi connectivity index (χ1v) is 12.7. The zero-order valence-electron chi connectivity index (χ0n) is 19.3. The van der Waals surface area contributed by atoms with Crippen LogP contribution in [0, 0.1) is 0 Å². The highest BCUT2D eigenvalue weighted by Crippen LogP contribution is 2.23. The molecule has 0 atom stereocenters. The van der Waals surface area contributed by atoms with E-state index in [1.165, 1.54) is 40.2 Å². The fraction of sp³-hybridized carbons (Fsp3) is 0.292. The van der Waals surface area contributed by atoms with Crippen LogP contribution < -0.4 is 21.9 Å². The molecular weight excluding hydrogens is 470 g/mol. The van der Waals surface area contributed by atoms with E-state index in [1.807, 2.05) is 18.2 Å². The van der Waals surface area contributed by atoms with E-state index in [-0.39, 0.29) is 28.5 Å². The summed E-state index contributed by atoms with van der Waals surface area (Å²) in [5.74, 6) is -0.807. The molecule has 35 heavy (non-hydrogen) atoms. The van der Waals surface area contributed by atoms with Crippen molar-refractivity contribution in [2.45, 2.75) is 30.7 Å². The number of amides is 1. The van der Waals surface area contributed by atoms with Crippen LogP contribution in [0.4, 0.5) is 11.5 Å². The number of nitrogens with one attached hydrogen (secondary N) is 1. The minimum absolute atomic E-state index is 0.00887. The van der Waals surface area contributed by atoms with E-state index in [9.17, 15) is 22.8 Å². The van der Waals surface area contributed by atoms with E-state index in [0.717, 1.165) is 29.7 Å². The van der Waals surface area contributed by atoms with Crippen molar-refractivity contribution in [1.29, 1.82) is 0 Å². The third-order valence-electron chi connectivity index (χ3n) is 6.07. The number of H-pyrrole nitrogens is 1. The van der Waals surface area contributed by atoms with E-state index in [2.05, 4.69) is 4.98 Å². The highest BCUT2D eigenvalue weighted by Gasteiger charge is 2.28. The molecule has 4 rings (SSSR count). The second-order valence-corrected chi connectivity index (χ2v) is 10.4. The van der Waals surface area contributed by atoms with Crippen LogP contribution in [0.15, 0.2) is 69.1 Å². The molecule has 1 aromatic heterocycles. The molecule has 3 aromatic rings. The smallest absolute Gasteiger partial charge is 0.330 e. The van der Waals surface area contributed by atoms with Crippen molar-refractivity contribution in [3.8, 4) is 0 Å². The third-order valence-corrected chi connectivity index (χ3v) is 7.97. The molecule has 0 bridgehead atoms. The molecule has 1 fully saturated rings. The zero-order valence-corrected chi connectivity index (χ0v) is 20.1. The van der Waals surface area contributed by atoms with Crippen LogP contribution in [0.5, 0.6) is 0 Å². The summed E-state index contributed by atoms with van der Waals surface area (Å²) >= 11 is 0. The maximum Gasteiger partial charge on any atom is 0.330 e. The number of rotatable bonds is 6. The van der Waals surface area contributed by atoms with E-state index < -0.39 is 27.2 Å². The number of benzene rings is 2. The molecule has 2 aromatic carbocycles. The lowest BCUT2D eigenvalue weighted by Crippen LogP contribution is -2.39. The molecule has 1 amide bonds. The van der Waals surface area contributed by atoms with Gasteiger partial charge < -0.3 is 10.6 Å². The van der Waals surface area contributed by atoms with Crippen molar-refractivity contribution in [3.05, 3.63) is 86.6 Å². The van der Waals surface area contributed by atoms with Gasteiger partial charge in [0.05, 0.1) is 11.4 Å². The van der Waals surface area contributed by atoms with Gasteiger partial charge in [0.25, 0.3) is 11.5 Å². The monoisotopic (exact) mass is 497 g/mol. The molecular formula is C24H27N5O5S. The van der Waals surface area contributed by atoms with E-state index in [4.69, 9.17) is 5.73 Å². The number of aromatic amines is 1. The summed E-state index contributed by atoms with van der Waals surface area (Å²) in [6.07, 6.45) is 2.57. The number of aromatic nitrogens is 2. The summed E-state index contributed by atoms with van der Waals surface area (Å²) in [6, 6.07) is 14.8. The summed E-state index contributed by atoms with van der Waals surface area (Å²) < 4.78 is 28.7. The number of sulfonamides is 1. The van der Waals surface area contributed by atoms with Crippen molar-refractivity contribution in [3.63, 3.8) is 0 Å². The van der Waals surface area contributed by atoms with Crippen molar-refractivity contribution in [2.24, 2.45) is 0 Å². The molecule has 184 valence electrons. The first-order valence-electron chi connectivity index (χ1n) is 11.2. The molecule has 1 aliphatic rings. The first-order chi connectivity index (χ1) is 16.7. The quantitative estimate of drug-likeness (QED) is 0.531. The van der Waals surface area contributed by atoms with Crippen LogP contribution in [0.2, 0.25) is 0 Å². The largest absolute Gasteiger partial charge is 0.383 e. The predicted molar refractivity (Wildman–Crippen MR) is 133 cm³/mol. The Hall–Kier alpha value is -3.70. The molecule has 3 N–H and O–H groups in total. The number of hydrogen-bond acceptors (Lipinski definition) is 6. The van der Waals surface area contributed by atoms with Gasteiger partial charge in [-0.05, 0) is 36.6 Å². The fourth-order valence-electron chi connectivity index (χ4n) is 4.16. The molecule has 0 unspecified atom stereocenters. The molecule has 10 nitrogen and oxygen atoms in total. The van der Waals surface area contributed by atoms with Crippen molar-refractivity contribution >= 4 is 27.4 Å². The fourth-order valence-corrected chi connectivity index (χ4v) is 5.73. The maximum absolute atomic E-state index is 13.3. The predicted octanol–water partition coefficient (Wildman–Crippen LogP) is 1.62. The number of nitrogens with two attached hydrogens (primary N) is 1. The molecule has 2 heterocycles. The highest BCUT2D eigenvalue weighted by atomic mass is 32.2. The Kier molecular flexibility index (Phi) is 6.90. The average molecular weight is 498 g/mol. The van der Waals surface area contributed by atoms with Crippen molar-refractivity contribution in [2.75, 3.05) is 30.8 Å². The maximum atomic E-state index is 13.3. The molecule has 0 spiro atoms. The number of carbonyl (C=O) groups is 1. The van der Waals surface area contributed by atoms with Crippen LogP contribution in [-0.4, -0.2) is 48.3 Å². The summed E-state index contributed by atoms with van der Waals surface area (Å²) in [4.78, 5) is 41.6. The Morgan fingerprint density at radius 1 is 1.03 bits per heavy atom. The zero-order chi connectivity index (χ0) is 25.2. The van der Waals surface area contributed by atoms with E-state index >= 15 is 0 Å². The van der Waals surface area contributed by atoms with Crippen LogP contribution in [0.1, 0.15) is 35.2 Å². The summed E-state index contributed by atoms with van der Waals surface area (Å²) in [5.41, 5.74) is 5.34. The molecule has 1 saturated heterocycles.